The first-order chi connectivity index (χ1) is 11.0. The zero-order chi connectivity index (χ0) is 16.4. The Morgan fingerprint density at radius 2 is 2.04 bits per heavy atom. The Bertz CT molecular complexity index is 784. The quantitative estimate of drug-likeness (QED) is 0.590. The maximum atomic E-state index is 12.5. The van der Waals surface area contributed by atoms with Gasteiger partial charge in [0.1, 0.15) is 15.8 Å². The molecule has 0 atom stereocenters. The van der Waals surface area contributed by atoms with Gasteiger partial charge in [-0.05, 0) is 43.3 Å². The maximum absolute atomic E-state index is 12.5. The van der Waals surface area contributed by atoms with Crippen molar-refractivity contribution in [1.82, 2.24) is 4.90 Å². The van der Waals surface area contributed by atoms with Crippen molar-refractivity contribution in [1.29, 1.82) is 0 Å². The van der Waals surface area contributed by atoms with Gasteiger partial charge in [0.15, 0.2) is 0 Å². The second-order valence-corrected chi connectivity index (χ2v) is 7.49. The lowest BCUT2D eigenvalue weighted by Gasteiger charge is -2.16. The molecule has 1 aliphatic heterocycles. The fourth-order valence-electron chi connectivity index (χ4n) is 2.03. The number of hydrogen-bond acceptors (Lipinski definition) is 5. The minimum atomic E-state index is -0.112. The number of hydrogen-bond donors (Lipinski definition) is 1. The number of thioether (sulfide) groups is 1. The highest BCUT2D eigenvalue weighted by molar-refractivity contribution is 9.10. The minimum absolute atomic E-state index is 0.112. The first-order valence-corrected chi connectivity index (χ1v) is 8.86. The van der Waals surface area contributed by atoms with Gasteiger partial charge in [0.2, 0.25) is 0 Å². The SMILES string of the molecule is Cc1ccc(/C=C2\SC(=S)N(CNc3ccc(Br)cc3)C2=O)o1. The molecule has 0 bridgehead atoms. The van der Waals surface area contributed by atoms with Gasteiger partial charge in [-0.2, -0.15) is 0 Å². The van der Waals surface area contributed by atoms with Gasteiger partial charge >= 0.3 is 0 Å². The third-order valence-electron chi connectivity index (χ3n) is 3.19. The van der Waals surface area contributed by atoms with Gasteiger partial charge in [-0.25, -0.2) is 0 Å². The van der Waals surface area contributed by atoms with Gasteiger partial charge < -0.3 is 9.73 Å². The maximum Gasteiger partial charge on any atom is 0.267 e. The Morgan fingerprint density at radius 1 is 1.30 bits per heavy atom. The average Bonchev–Trinajstić information content (AvgIpc) is 3.04. The van der Waals surface area contributed by atoms with Crippen molar-refractivity contribution in [2.24, 2.45) is 0 Å². The summed E-state index contributed by atoms with van der Waals surface area (Å²) in [7, 11) is 0. The van der Waals surface area contributed by atoms with Crippen LogP contribution in [0.3, 0.4) is 0 Å². The molecule has 2 heterocycles. The molecule has 1 N–H and O–H groups in total. The number of nitrogens with zero attached hydrogens (tertiary/aromatic N) is 1. The van der Waals surface area contributed by atoms with Crippen LogP contribution in [-0.2, 0) is 4.79 Å². The van der Waals surface area contributed by atoms with E-state index in [1.54, 1.807) is 11.0 Å². The number of furan rings is 1. The zero-order valence-corrected chi connectivity index (χ0v) is 15.4. The summed E-state index contributed by atoms with van der Waals surface area (Å²) in [6.07, 6.45) is 1.73. The summed E-state index contributed by atoms with van der Waals surface area (Å²) in [5, 5.41) is 3.20. The van der Waals surface area contributed by atoms with Crippen molar-refractivity contribution in [3.8, 4) is 0 Å². The van der Waals surface area contributed by atoms with Crippen molar-refractivity contribution in [2.75, 3.05) is 12.0 Å². The van der Waals surface area contributed by atoms with Gasteiger partial charge in [-0.3, -0.25) is 9.69 Å². The standard InChI is InChI=1S/C16H13BrN2O2S2/c1-10-2-7-13(21-10)8-14-15(20)19(16(22)23-14)9-18-12-5-3-11(17)4-6-12/h2-8,18H,9H2,1H3/b14-8-. The van der Waals surface area contributed by atoms with Crippen molar-refractivity contribution < 1.29 is 9.21 Å². The van der Waals surface area contributed by atoms with Crippen LogP contribution in [-0.4, -0.2) is 21.8 Å². The highest BCUT2D eigenvalue weighted by atomic mass is 79.9. The number of benzene rings is 1. The molecular weight excluding hydrogens is 396 g/mol. The van der Waals surface area contributed by atoms with E-state index < -0.39 is 0 Å². The molecule has 0 aliphatic carbocycles. The van der Waals surface area contributed by atoms with E-state index in [4.69, 9.17) is 16.6 Å². The summed E-state index contributed by atoms with van der Waals surface area (Å²) in [5.74, 6) is 1.35. The van der Waals surface area contributed by atoms with Crippen LogP contribution in [0.4, 0.5) is 5.69 Å². The fourth-order valence-corrected chi connectivity index (χ4v) is 3.53. The van der Waals surface area contributed by atoms with Gasteiger partial charge in [0.25, 0.3) is 5.91 Å². The van der Waals surface area contributed by atoms with E-state index in [0.717, 1.165) is 15.9 Å². The van der Waals surface area contributed by atoms with Crippen molar-refractivity contribution in [3.63, 3.8) is 0 Å². The number of amides is 1. The van der Waals surface area contributed by atoms with Gasteiger partial charge in [-0.1, -0.05) is 39.9 Å². The van der Waals surface area contributed by atoms with Crippen LogP contribution >= 0.6 is 39.9 Å². The molecule has 2 aromatic rings. The van der Waals surface area contributed by atoms with E-state index in [0.29, 0.717) is 21.7 Å². The topological polar surface area (TPSA) is 45.5 Å². The van der Waals surface area contributed by atoms with E-state index in [-0.39, 0.29) is 5.91 Å². The van der Waals surface area contributed by atoms with Crippen molar-refractivity contribution >= 4 is 61.9 Å². The predicted molar refractivity (Wildman–Crippen MR) is 101 cm³/mol. The number of halogens is 1. The molecule has 1 aliphatic rings. The van der Waals surface area contributed by atoms with Crippen molar-refractivity contribution in [2.45, 2.75) is 6.92 Å². The van der Waals surface area contributed by atoms with Gasteiger partial charge in [0, 0.05) is 16.2 Å². The number of anilines is 1. The molecule has 1 aromatic heterocycles. The van der Waals surface area contributed by atoms with E-state index in [1.165, 1.54) is 11.8 Å². The van der Waals surface area contributed by atoms with Crippen LogP contribution in [0, 0.1) is 6.92 Å². The lowest BCUT2D eigenvalue weighted by molar-refractivity contribution is -0.121. The average molecular weight is 409 g/mol. The smallest absolute Gasteiger partial charge is 0.267 e. The van der Waals surface area contributed by atoms with Crippen LogP contribution in [0.15, 0.2) is 50.2 Å². The van der Waals surface area contributed by atoms with Crippen LogP contribution in [0.5, 0.6) is 0 Å². The third-order valence-corrected chi connectivity index (χ3v) is 5.10. The summed E-state index contributed by atoms with van der Waals surface area (Å²) in [4.78, 5) is 14.6. The summed E-state index contributed by atoms with van der Waals surface area (Å²) < 4.78 is 7.02. The molecule has 4 nitrogen and oxygen atoms in total. The summed E-state index contributed by atoms with van der Waals surface area (Å²) in [5.41, 5.74) is 0.924. The third kappa shape index (κ3) is 3.85. The van der Waals surface area contributed by atoms with Crippen LogP contribution in [0.25, 0.3) is 6.08 Å². The number of carbonyl (C=O) groups excluding carboxylic acids is 1. The lowest BCUT2D eigenvalue weighted by atomic mass is 10.3. The number of rotatable bonds is 4. The number of aryl methyl sites for hydroxylation is 1. The van der Waals surface area contributed by atoms with Gasteiger partial charge in [-0.15, -0.1) is 0 Å². The summed E-state index contributed by atoms with van der Waals surface area (Å²) in [6, 6.07) is 11.4. The Balaban J connectivity index is 1.69. The fraction of sp³-hybridized carbons (Fsp3) is 0.125. The van der Waals surface area contributed by atoms with Crippen molar-refractivity contribution in [3.05, 3.63) is 57.3 Å². The second kappa shape index (κ2) is 6.90. The van der Waals surface area contributed by atoms with E-state index in [2.05, 4.69) is 21.2 Å². The second-order valence-electron chi connectivity index (χ2n) is 4.90. The molecule has 118 valence electrons. The molecule has 23 heavy (non-hydrogen) atoms. The summed E-state index contributed by atoms with van der Waals surface area (Å²) >= 11 is 9.98. The van der Waals surface area contributed by atoms with Crippen LogP contribution in [0.2, 0.25) is 0 Å². The molecule has 0 spiro atoms. The van der Waals surface area contributed by atoms with E-state index in [9.17, 15) is 4.79 Å². The number of nitrogens with one attached hydrogen (secondary N) is 1. The molecule has 1 aromatic carbocycles. The number of carbonyl (C=O) groups is 1. The Morgan fingerprint density at radius 3 is 2.70 bits per heavy atom. The Hall–Kier alpha value is -1.57. The molecule has 1 amide bonds. The molecule has 1 fully saturated rings. The largest absolute Gasteiger partial charge is 0.462 e. The molecule has 0 unspecified atom stereocenters. The van der Waals surface area contributed by atoms with E-state index in [1.807, 2.05) is 43.3 Å². The highest BCUT2D eigenvalue weighted by Gasteiger charge is 2.32. The molecule has 1 saturated heterocycles. The molecule has 7 heteroatoms. The molecule has 3 rings (SSSR count). The molecular formula is C16H13BrN2O2S2. The van der Waals surface area contributed by atoms with Crippen LogP contribution < -0.4 is 5.32 Å². The predicted octanol–water partition coefficient (Wildman–Crippen LogP) is 4.62. The highest BCUT2D eigenvalue weighted by Crippen LogP contribution is 2.32. The minimum Gasteiger partial charge on any atom is -0.462 e. The lowest BCUT2D eigenvalue weighted by Crippen LogP contribution is -2.33. The first-order valence-electron chi connectivity index (χ1n) is 6.84. The number of thiocarbonyl (C=S) groups is 1. The molecule has 0 saturated carbocycles. The van der Waals surface area contributed by atoms with Crippen LogP contribution in [0.1, 0.15) is 11.5 Å². The first kappa shape index (κ1) is 16.3. The summed E-state index contributed by atoms with van der Waals surface area (Å²) in [6.45, 7) is 2.20. The monoisotopic (exact) mass is 408 g/mol. The zero-order valence-electron chi connectivity index (χ0n) is 12.2. The Labute approximate surface area is 152 Å². The Kier molecular flexibility index (Phi) is 4.89. The normalized spacial score (nSPS) is 16.4. The van der Waals surface area contributed by atoms with Gasteiger partial charge in [0.05, 0.1) is 11.6 Å². The molecule has 0 radical (unpaired) electrons. The van der Waals surface area contributed by atoms with E-state index >= 15 is 0 Å².